The van der Waals surface area contributed by atoms with E-state index in [0.29, 0.717) is 11.8 Å². The van der Waals surface area contributed by atoms with E-state index in [9.17, 15) is 0 Å². The molecule has 3 aromatic carbocycles. The molecule has 0 aliphatic rings. The van der Waals surface area contributed by atoms with Crippen LogP contribution in [0.4, 0.5) is 0 Å². The molecule has 118 valence electrons. The highest BCUT2D eigenvalue weighted by molar-refractivity contribution is 5.88. The van der Waals surface area contributed by atoms with E-state index >= 15 is 0 Å². The van der Waals surface area contributed by atoms with Crippen molar-refractivity contribution in [1.29, 1.82) is 0 Å². The Hall–Kier alpha value is -2.08. The zero-order valence-electron chi connectivity index (χ0n) is 14.9. The van der Waals surface area contributed by atoms with Crippen molar-refractivity contribution in [2.45, 2.75) is 46.5 Å². The maximum absolute atomic E-state index is 2.34. The third-order valence-corrected chi connectivity index (χ3v) is 4.73. The summed E-state index contributed by atoms with van der Waals surface area (Å²) in [6.45, 7) is 11.4. The summed E-state index contributed by atoms with van der Waals surface area (Å²) in [6, 6.07) is 20.1. The van der Waals surface area contributed by atoms with Gasteiger partial charge in [0, 0.05) is 0 Å². The van der Waals surface area contributed by atoms with Gasteiger partial charge < -0.3 is 0 Å². The first-order valence-corrected chi connectivity index (χ1v) is 8.61. The molecule has 3 aromatic rings. The van der Waals surface area contributed by atoms with Crippen LogP contribution in [0.3, 0.4) is 0 Å². The van der Waals surface area contributed by atoms with Crippen LogP contribution in [0.1, 0.15) is 56.2 Å². The Kier molecular flexibility index (Phi) is 4.26. The van der Waals surface area contributed by atoms with Crippen molar-refractivity contribution in [3.8, 4) is 11.1 Å². The second-order valence-electron chi connectivity index (χ2n) is 7.13. The van der Waals surface area contributed by atoms with E-state index in [1.54, 1.807) is 0 Å². The van der Waals surface area contributed by atoms with Gasteiger partial charge in [0.2, 0.25) is 0 Å². The smallest absolute Gasteiger partial charge is 0.0117 e. The lowest BCUT2D eigenvalue weighted by molar-refractivity contribution is 0.791. The third-order valence-electron chi connectivity index (χ3n) is 4.73. The molecule has 0 nitrogen and oxygen atoms in total. The number of hydrogen-bond acceptors (Lipinski definition) is 0. The molecular formula is C23H26. The normalized spacial score (nSPS) is 11.6. The Morgan fingerprint density at radius 1 is 0.696 bits per heavy atom. The van der Waals surface area contributed by atoms with Crippen LogP contribution in [-0.2, 0) is 0 Å². The highest BCUT2D eigenvalue weighted by atomic mass is 14.2. The molecule has 0 aliphatic carbocycles. The van der Waals surface area contributed by atoms with Crippen LogP contribution >= 0.6 is 0 Å². The summed E-state index contributed by atoms with van der Waals surface area (Å²) in [4.78, 5) is 0. The molecule has 0 aromatic heterocycles. The lowest BCUT2D eigenvalue weighted by Crippen LogP contribution is -2.03. The van der Waals surface area contributed by atoms with Crippen molar-refractivity contribution in [1.82, 2.24) is 0 Å². The van der Waals surface area contributed by atoms with Crippen LogP contribution in [0.15, 0.2) is 54.6 Å². The minimum Gasteiger partial charge on any atom is -0.0616 e. The van der Waals surface area contributed by atoms with Crippen LogP contribution < -0.4 is 0 Å². The monoisotopic (exact) mass is 302 g/mol. The van der Waals surface area contributed by atoms with E-state index in [0.717, 1.165) is 0 Å². The Bertz CT molecular complexity index is 838. The molecule has 0 heterocycles. The molecule has 0 radical (unpaired) electrons. The minimum atomic E-state index is 0.522. The van der Waals surface area contributed by atoms with Crippen molar-refractivity contribution in [2.24, 2.45) is 0 Å². The number of benzene rings is 3. The molecule has 0 fully saturated rings. The lowest BCUT2D eigenvalue weighted by atomic mass is 9.82. The van der Waals surface area contributed by atoms with Gasteiger partial charge in [-0.1, -0.05) is 76.2 Å². The second-order valence-corrected chi connectivity index (χ2v) is 7.13. The summed E-state index contributed by atoms with van der Waals surface area (Å²) < 4.78 is 0. The molecule has 0 saturated heterocycles. The average molecular weight is 302 g/mol. The SMILES string of the molecule is Cc1ccc(C(C)C)c(C(C)C)c1-c1ccc2ccccc2c1. The number of hydrogen-bond donors (Lipinski definition) is 0. The molecule has 0 saturated carbocycles. The van der Waals surface area contributed by atoms with E-state index < -0.39 is 0 Å². The first kappa shape index (κ1) is 15.8. The van der Waals surface area contributed by atoms with Crippen molar-refractivity contribution in [2.75, 3.05) is 0 Å². The van der Waals surface area contributed by atoms with E-state index in [-0.39, 0.29) is 0 Å². The Morgan fingerprint density at radius 2 is 1.39 bits per heavy atom. The Balaban J connectivity index is 2.30. The maximum Gasteiger partial charge on any atom is -0.0117 e. The quantitative estimate of drug-likeness (QED) is 0.485. The molecule has 0 aliphatic heterocycles. The Morgan fingerprint density at radius 3 is 2.04 bits per heavy atom. The summed E-state index contributed by atoms with van der Waals surface area (Å²) in [7, 11) is 0. The van der Waals surface area contributed by atoms with Gasteiger partial charge in [0.05, 0.1) is 0 Å². The van der Waals surface area contributed by atoms with Gasteiger partial charge >= 0.3 is 0 Å². The first-order valence-electron chi connectivity index (χ1n) is 8.61. The lowest BCUT2D eigenvalue weighted by Gasteiger charge is -2.23. The first-order chi connectivity index (χ1) is 11.0. The summed E-state index contributed by atoms with van der Waals surface area (Å²) in [5, 5.41) is 2.62. The van der Waals surface area contributed by atoms with E-state index in [4.69, 9.17) is 0 Å². The second kappa shape index (κ2) is 6.20. The molecule has 0 amide bonds. The fraction of sp³-hybridized carbons (Fsp3) is 0.304. The van der Waals surface area contributed by atoms with Gasteiger partial charge in [-0.3, -0.25) is 0 Å². The predicted octanol–water partition coefficient (Wildman–Crippen LogP) is 7.06. The van der Waals surface area contributed by atoms with Crippen molar-refractivity contribution in [3.05, 3.63) is 71.3 Å². The molecular weight excluding hydrogens is 276 g/mol. The summed E-state index contributed by atoms with van der Waals surface area (Å²) in [6.07, 6.45) is 0. The molecule has 3 rings (SSSR count). The third kappa shape index (κ3) is 2.91. The number of aryl methyl sites for hydroxylation is 1. The summed E-state index contributed by atoms with van der Waals surface area (Å²) >= 11 is 0. The van der Waals surface area contributed by atoms with Gasteiger partial charge in [-0.15, -0.1) is 0 Å². The van der Waals surface area contributed by atoms with Crippen LogP contribution in [0.2, 0.25) is 0 Å². The average Bonchev–Trinajstić information content (AvgIpc) is 2.53. The van der Waals surface area contributed by atoms with Crippen molar-refractivity contribution >= 4 is 10.8 Å². The van der Waals surface area contributed by atoms with Gasteiger partial charge in [0.1, 0.15) is 0 Å². The Labute approximate surface area is 140 Å². The van der Waals surface area contributed by atoms with Gasteiger partial charge in [0.15, 0.2) is 0 Å². The van der Waals surface area contributed by atoms with Crippen molar-refractivity contribution in [3.63, 3.8) is 0 Å². The van der Waals surface area contributed by atoms with Crippen molar-refractivity contribution < 1.29 is 0 Å². The fourth-order valence-corrected chi connectivity index (χ4v) is 3.60. The van der Waals surface area contributed by atoms with E-state index in [2.05, 4.69) is 89.2 Å². The van der Waals surface area contributed by atoms with Crippen LogP contribution in [0, 0.1) is 6.92 Å². The standard InChI is InChI=1S/C23H26/c1-15(2)21-13-10-17(5)23(22(21)16(3)4)20-12-11-18-8-6-7-9-19(18)14-20/h6-16H,1-5H3. The molecule has 0 heteroatoms. The van der Waals surface area contributed by atoms with Gasteiger partial charge in [0.25, 0.3) is 0 Å². The van der Waals surface area contributed by atoms with Crippen LogP contribution in [0.5, 0.6) is 0 Å². The highest BCUT2D eigenvalue weighted by Gasteiger charge is 2.17. The largest absolute Gasteiger partial charge is 0.0616 e. The zero-order valence-corrected chi connectivity index (χ0v) is 14.9. The summed E-state index contributed by atoms with van der Waals surface area (Å²) in [5.74, 6) is 1.07. The minimum absolute atomic E-state index is 0.522. The summed E-state index contributed by atoms with van der Waals surface area (Å²) in [5.41, 5.74) is 7.13. The molecule has 0 spiro atoms. The topological polar surface area (TPSA) is 0 Å². The number of fused-ring (bicyclic) bond motifs is 1. The zero-order chi connectivity index (χ0) is 16.6. The van der Waals surface area contributed by atoms with Crippen LogP contribution in [0.25, 0.3) is 21.9 Å². The maximum atomic E-state index is 2.34. The molecule has 0 bridgehead atoms. The van der Waals surface area contributed by atoms with Gasteiger partial charge in [-0.25, -0.2) is 0 Å². The fourth-order valence-electron chi connectivity index (χ4n) is 3.60. The molecule has 0 unspecified atom stereocenters. The van der Waals surface area contributed by atoms with Crippen LogP contribution in [-0.4, -0.2) is 0 Å². The predicted molar refractivity (Wildman–Crippen MR) is 102 cm³/mol. The molecule has 23 heavy (non-hydrogen) atoms. The van der Waals surface area contributed by atoms with Gasteiger partial charge in [-0.05, 0) is 63.4 Å². The van der Waals surface area contributed by atoms with E-state index in [1.165, 1.54) is 38.6 Å². The molecule has 0 N–H and O–H groups in total. The highest BCUT2D eigenvalue weighted by Crippen LogP contribution is 2.38. The van der Waals surface area contributed by atoms with E-state index in [1.807, 2.05) is 0 Å². The molecule has 0 atom stereocenters. The van der Waals surface area contributed by atoms with Gasteiger partial charge in [-0.2, -0.15) is 0 Å². The number of rotatable bonds is 3.